The van der Waals surface area contributed by atoms with Gasteiger partial charge in [-0.25, -0.2) is 4.39 Å². The highest BCUT2D eigenvalue weighted by atomic mass is 19.1. The number of aromatic hydroxyl groups is 1. The Morgan fingerprint density at radius 2 is 1.95 bits per heavy atom. The van der Waals surface area contributed by atoms with Crippen LogP contribution in [0.1, 0.15) is 29.7 Å². The van der Waals surface area contributed by atoms with E-state index in [0.717, 1.165) is 0 Å². The summed E-state index contributed by atoms with van der Waals surface area (Å²) < 4.78 is 13.1. The van der Waals surface area contributed by atoms with Gasteiger partial charge in [-0.3, -0.25) is 0 Å². The summed E-state index contributed by atoms with van der Waals surface area (Å²) in [7, 11) is 0. The van der Waals surface area contributed by atoms with Crippen LogP contribution < -0.4 is 5.32 Å². The van der Waals surface area contributed by atoms with Gasteiger partial charge in [0.25, 0.3) is 0 Å². The number of hydrogen-bond acceptors (Lipinski definition) is 2. The molecule has 0 heterocycles. The smallest absolute Gasteiger partial charge is 0.123 e. The van der Waals surface area contributed by atoms with E-state index in [0.29, 0.717) is 12.1 Å². The maximum atomic E-state index is 13.1. The first-order chi connectivity index (χ1) is 9.08. The molecule has 0 bridgehead atoms. The molecule has 0 fully saturated rings. The Balaban J connectivity index is 2.06. The predicted molar refractivity (Wildman–Crippen MR) is 74.5 cm³/mol. The van der Waals surface area contributed by atoms with E-state index < -0.39 is 0 Å². The third-order valence-corrected chi connectivity index (χ3v) is 3.30. The van der Waals surface area contributed by atoms with E-state index in [-0.39, 0.29) is 17.6 Å². The fourth-order valence-corrected chi connectivity index (χ4v) is 2.14. The van der Waals surface area contributed by atoms with Crippen LogP contribution >= 0.6 is 0 Å². The van der Waals surface area contributed by atoms with E-state index in [1.54, 1.807) is 0 Å². The molecule has 3 heteroatoms. The van der Waals surface area contributed by atoms with Crippen molar-refractivity contribution in [2.75, 3.05) is 0 Å². The van der Waals surface area contributed by atoms with Crippen LogP contribution in [-0.4, -0.2) is 5.11 Å². The van der Waals surface area contributed by atoms with Crippen molar-refractivity contribution < 1.29 is 9.50 Å². The third kappa shape index (κ3) is 3.32. The van der Waals surface area contributed by atoms with Crippen LogP contribution in [0.15, 0.2) is 42.5 Å². The summed E-state index contributed by atoms with van der Waals surface area (Å²) in [5.41, 5.74) is 2.99. The molecule has 2 aromatic carbocycles. The molecule has 0 saturated heterocycles. The lowest BCUT2D eigenvalue weighted by atomic mass is 10.0. The Hall–Kier alpha value is -1.87. The van der Waals surface area contributed by atoms with Gasteiger partial charge in [-0.05, 0) is 43.2 Å². The van der Waals surface area contributed by atoms with Gasteiger partial charge >= 0.3 is 0 Å². The zero-order chi connectivity index (χ0) is 13.8. The van der Waals surface area contributed by atoms with Crippen molar-refractivity contribution in [3.05, 3.63) is 65.0 Å². The van der Waals surface area contributed by atoms with Crippen LogP contribution in [0.25, 0.3) is 0 Å². The number of rotatable bonds is 4. The van der Waals surface area contributed by atoms with Gasteiger partial charge in [-0.2, -0.15) is 0 Å². The molecule has 0 saturated carbocycles. The first kappa shape index (κ1) is 13.6. The van der Waals surface area contributed by atoms with Crippen LogP contribution in [0.3, 0.4) is 0 Å². The molecular weight excluding hydrogens is 241 g/mol. The molecule has 0 aromatic heterocycles. The standard InChI is InChI=1S/C16H18FNO/c1-11-5-3-4-6-15(11)12(2)18-10-13-9-14(17)7-8-16(13)19/h3-9,12,18-19H,10H2,1-2H3. The minimum Gasteiger partial charge on any atom is -0.508 e. The molecule has 100 valence electrons. The van der Waals surface area contributed by atoms with E-state index in [1.807, 2.05) is 12.1 Å². The lowest BCUT2D eigenvalue weighted by molar-refractivity contribution is 0.457. The third-order valence-electron chi connectivity index (χ3n) is 3.30. The van der Waals surface area contributed by atoms with Crippen LogP contribution in [0.4, 0.5) is 4.39 Å². The number of benzene rings is 2. The van der Waals surface area contributed by atoms with Crippen LogP contribution in [0.5, 0.6) is 5.75 Å². The molecule has 0 amide bonds. The fraction of sp³-hybridized carbons (Fsp3) is 0.250. The molecule has 1 unspecified atom stereocenters. The summed E-state index contributed by atoms with van der Waals surface area (Å²) in [6.07, 6.45) is 0. The van der Waals surface area contributed by atoms with Gasteiger partial charge < -0.3 is 10.4 Å². The number of aryl methyl sites for hydroxylation is 1. The molecule has 2 N–H and O–H groups in total. The topological polar surface area (TPSA) is 32.3 Å². The zero-order valence-electron chi connectivity index (χ0n) is 11.2. The van der Waals surface area contributed by atoms with Gasteiger partial charge in [0.1, 0.15) is 11.6 Å². The molecule has 0 aliphatic rings. The Bertz CT molecular complexity index is 568. The molecule has 0 aliphatic carbocycles. The highest BCUT2D eigenvalue weighted by Crippen LogP contribution is 2.21. The fourth-order valence-electron chi connectivity index (χ4n) is 2.14. The molecule has 19 heavy (non-hydrogen) atoms. The molecule has 1 atom stereocenters. The Labute approximate surface area is 112 Å². The Kier molecular flexibility index (Phi) is 4.17. The van der Waals surface area contributed by atoms with Gasteiger partial charge in [-0.1, -0.05) is 24.3 Å². The van der Waals surface area contributed by atoms with Gasteiger partial charge in [-0.15, -0.1) is 0 Å². The van der Waals surface area contributed by atoms with Gasteiger partial charge in [0.2, 0.25) is 0 Å². The number of phenolic OH excluding ortho intramolecular Hbond substituents is 1. The minimum absolute atomic E-state index is 0.117. The average molecular weight is 259 g/mol. The van der Waals surface area contributed by atoms with Crippen molar-refractivity contribution in [1.29, 1.82) is 0 Å². The highest BCUT2D eigenvalue weighted by Gasteiger charge is 2.09. The molecule has 2 rings (SSSR count). The number of hydrogen-bond donors (Lipinski definition) is 2. The van der Waals surface area contributed by atoms with E-state index in [1.165, 1.54) is 29.3 Å². The summed E-state index contributed by atoms with van der Waals surface area (Å²) in [6, 6.07) is 12.3. The molecule has 0 radical (unpaired) electrons. The zero-order valence-corrected chi connectivity index (χ0v) is 11.2. The van der Waals surface area contributed by atoms with Crippen LogP contribution in [0, 0.1) is 12.7 Å². The second-order valence-electron chi connectivity index (χ2n) is 4.73. The Morgan fingerprint density at radius 1 is 1.21 bits per heavy atom. The maximum absolute atomic E-state index is 13.1. The first-order valence-electron chi connectivity index (χ1n) is 6.34. The predicted octanol–water partition coefficient (Wildman–Crippen LogP) is 3.69. The summed E-state index contributed by atoms with van der Waals surface area (Å²) in [5.74, 6) is -0.218. The summed E-state index contributed by atoms with van der Waals surface area (Å²) in [4.78, 5) is 0. The average Bonchev–Trinajstić information content (AvgIpc) is 2.40. The van der Waals surface area contributed by atoms with Crippen LogP contribution in [-0.2, 0) is 6.54 Å². The molecule has 0 spiro atoms. The minimum atomic E-state index is -0.335. The second kappa shape index (κ2) is 5.85. The lowest BCUT2D eigenvalue weighted by Crippen LogP contribution is -2.19. The maximum Gasteiger partial charge on any atom is 0.123 e. The largest absolute Gasteiger partial charge is 0.508 e. The molecule has 2 nitrogen and oxygen atoms in total. The lowest BCUT2D eigenvalue weighted by Gasteiger charge is -2.17. The van der Waals surface area contributed by atoms with Crippen LogP contribution in [0.2, 0.25) is 0 Å². The normalized spacial score (nSPS) is 12.4. The van der Waals surface area contributed by atoms with Crippen molar-refractivity contribution >= 4 is 0 Å². The van der Waals surface area contributed by atoms with Gasteiger partial charge in [0.05, 0.1) is 0 Å². The van der Waals surface area contributed by atoms with E-state index >= 15 is 0 Å². The quantitative estimate of drug-likeness (QED) is 0.877. The van der Waals surface area contributed by atoms with Gasteiger partial charge in [0.15, 0.2) is 0 Å². The molecular formula is C16H18FNO. The highest BCUT2D eigenvalue weighted by molar-refractivity contribution is 5.33. The van der Waals surface area contributed by atoms with Gasteiger partial charge in [0, 0.05) is 18.2 Å². The van der Waals surface area contributed by atoms with E-state index in [9.17, 15) is 9.50 Å². The Morgan fingerprint density at radius 3 is 2.68 bits per heavy atom. The number of phenols is 1. The number of nitrogens with one attached hydrogen (secondary N) is 1. The SMILES string of the molecule is Cc1ccccc1C(C)NCc1cc(F)ccc1O. The van der Waals surface area contributed by atoms with E-state index in [2.05, 4.69) is 31.3 Å². The first-order valence-corrected chi connectivity index (χ1v) is 6.34. The van der Waals surface area contributed by atoms with Crippen molar-refractivity contribution in [3.8, 4) is 5.75 Å². The van der Waals surface area contributed by atoms with Crippen molar-refractivity contribution in [1.82, 2.24) is 5.32 Å². The second-order valence-corrected chi connectivity index (χ2v) is 4.73. The summed E-state index contributed by atoms with van der Waals surface area (Å²) in [5, 5.41) is 13.0. The number of halogens is 1. The monoisotopic (exact) mass is 259 g/mol. The summed E-state index contributed by atoms with van der Waals surface area (Å²) >= 11 is 0. The van der Waals surface area contributed by atoms with Crippen molar-refractivity contribution in [2.24, 2.45) is 0 Å². The molecule has 0 aliphatic heterocycles. The molecule has 2 aromatic rings. The van der Waals surface area contributed by atoms with E-state index in [4.69, 9.17) is 0 Å². The summed E-state index contributed by atoms with van der Waals surface area (Å²) in [6.45, 7) is 4.55. The van der Waals surface area contributed by atoms with Crippen molar-refractivity contribution in [2.45, 2.75) is 26.4 Å². The van der Waals surface area contributed by atoms with Crippen molar-refractivity contribution in [3.63, 3.8) is 0 Å².